The molecule has 0 radical (unpaired) electrons. The first-order valence-electron chi connectivity index (χ1n) is 26.1. The first kappa shape index (κ1) is 44.2. The van der Waals surface area contributed by atoms with Gasteiger partial charge in [-0.1, -0.05) is 249 Å². The van der Waals surface area contributed by atoms with Gasteiger partial charge in [0.2, 0.25) is 0 Å². The molecule has 0 N–H and O–H groups in total. The van der Waals surface area contributed by atoms with Gasteiger partial charge in [-0.05, 0) is 165 Å². The molecule has 13 aromatic rings. The molecule has 1 heteroatoms. The minimum absolute atomic E-state index is 0.404. The molecule has 0 aliphatic heterocycles. The summed E-state index contributed by atoms with van der Waals surface area (Å²) >= 11 is 0. The van der Waals surface area contributed by atoms with Crippen molar-refractivity contribution in [3.8, 4) is 66.8 Å². The quantitative estimate of drug-likeness (QED) is 0.130. The van der Waals surface area contributed by atoms with Gasteiger partial charge < -0.3 is 4.90 Å². The minimum atomic E-state index is -0.404. The summed E-state index contributed by atoms with van der Waals surface area (Å²) in [6, 6.07) is 107. The van der Waals surface area contributed by atoms with Crippen LogP contribution in [0.25, 0.3) is 99.1 Å². The number of benzene rings is 13. The van der Waals surface area contributed by atoms with Crippen molar-refractivity contribution in [2.24, 2.45) is 0 Å². The molecule has 0 saturated carbocycles. The molecular weight excluding hydrogens is 903 g/mol. The van der Waals surface area contributed by atoms with Crippen LogP contribution >= 0.6 is 0 Å². The fourth-order valence-electron chi connectivity index (χ4n) is 12.3. The van der Waals surface area contributed by atoms with Crippen molar-refractivity contribution in [1.29, 1.82) is 0 Å². The van der Waals surface area contributed by atoms with E-state index in [0.29, 0.717) is 0 Å². The summed E-state index contributed by atoms with van der Waals surface area (Å²) in [6.45, 7) is 2.41. The molecular formula is C74H51N. The molecule has 1 aliphatic rings. The molecule has 13 aromatic carbocycles. The number of fused-ring (bicyclic) bond motifs is 7. The van der Waals surface area contributed by atoms with Crippen molar-refractivity contribution in [1.82, 2.24) is 0 Å². The Hall–Kier alpha value is -9.56. The van der Waals surface area contributed by atoms with Gasteiger partial charge >= 0.3 is 0 Å². The van der Waals surface area contributed by atoms with Crippen LogP contribution in [0.4, 0.5) is 17.1 Å². The van der Waals surface area contributed by atoms with Gasteiger partial charge in [0.1, 0.15) is 0 Å². The van der Waals surface area contributed by atoms with Gasteiger partial charge in [0.15, 0.2) is 0 Å². The maximum Gasteiger partial charge on any atom is 0.0512 e. The topological polar surface area (TPSA) is 3.24 Å². The highest BCUT2D eigenvalue weighted by Crippen LogP contribution is 2.57. The SMILES string of the molecule is CC1(c2ccccc2)c2ccccc2-c2cccc(N(c3ccc(-c4ccc(-c5ccc6ccccc6c5)cc4)cc3)c3ccc(-c4ccc5c(c4)c(-c4ccccc4)c(-c4ccccc4)c4ccccc45)cc3)c21. The number of anilines is 3. The lowest BCUT2D eigenvalue weighted by Crippen LogP contribution is -2.25. The Labute approximate surface area is 438 Å². The van der Waals surface area contributed by atoms with Crippen LogP contribution in [0.2, 0.25) is 0 Å². The predicted octanol–water partition coefficient (Wildman–Crippen LogP) is 20.3. The van der Waals surface area contributed by atoms with E-state index in [-0.39, 0.29) is 0 Å². The molecule has 0 bridgehead atoms. The Bertz CT molecular complexity index is 4260. The Kier molecular flexibility index (Phi) is 10.7. The molecule has 75 heavy (non-hydrogen) atoms. The largest absolute Gasteiger partial charge is 0.310 e. The maximum absolute atomic E-state index is 2.48. The van der Waals surface area contributed by atoms with Crippen LogP contribution in [-0.2, 0) is 5.41 Å². The van der Waals surface area contributed by atoms with E-state index in [9.17, 15) is 0 Å². The van der Waals surface area contributed by atoms with Gasteiger partial charge in [0.05, 0.1) is 5.69 Å². The maximum atomic E-state index is 2.48. The molecule has 1 unspecified atom stereocenters. The van der Waals surface area contributed by atoms with Crippen LogP contribution in [0.1, 0.15) is 23.6 Å². The van der Waals surface area contributed by atoms with E-state index in [1.807, 2.05) is 0 Å². The van der Waals surface area contributed by atoms with Gasteiger partial charge in [-0.25, -0.2) is 0 Å². The van der Waals surface area contributed by atoms with Crippen molar-refractivity contribution in [2.75, 3.05) is 4.90 Å². The van der Waals surface area contributed by atoms with Crippen LogP contribution in [0.15, 0.2) is 291 Å². The normalized spacial score (nSPS) is 13.7. The van der Waals surface area contributed by atoms with E-state index in [2.05, 4.69) is 303 Å². The molecule has 1 aliphatic carbocycles. The third kappa shape index (κ3) is 7.47. The van der Waals surface area contributed by atoms with E-state index < -0.39 is 5.41 Å². The second-order valence-corrected chi connectivity index (χ2v) is 20.1. The summed E-state index contributed by atoms with van der Waals surface area (Å²) in [7, 11) is 0. The summed E-state index contributed by atoms with van der Waals surface area (Å²) in [5.41, 5.74) is 21.5. The number of hydrogen-bond acceptors (Lipinski definition) is 1. The van der Waals surface area contributed by atoms with Gasteiger partial charge in [0, 0.05) is 16.8 Å². The van der Waals surface area contributed by atoms with Crippen molar-refractivity contribution < 1.29 is 0 Å². The Morgan fingerprint density at radius 3 is 1.39 bits per heavy atom. The third-order valence-corrected chi connectivity index (χ3v) is 15.9. The molecule has 352 valence electrons. The lowest BCUT2D eigenvalue weighted by molar-refractivity contribution is 0.714. The molecule has 0 amide bonds. The van der Waals surface area contributed by atoms with Crippen molar-refractivity contribution in [2.45, 2.75) is 12.3 Å². The summed E-state index contributed by atoms with van der Waals surface area (Å²) in [4.78, 5) is 2.48. The lowest BCUT2D eigenvalue weighted by atomic mass is 9.73. The Morgan fingerprint density at radius 1 is 0.280 bits per heavy atom. The smallest absolute Gasteiger partial charge is 0.0512 e. The molecule has 1 nitrogen and oxygen atoms in total. The molecule has 14 rings (SSSR count). The number of rotatable bonds is 9. The molecule has 0 spiro atoms. The first-order chi connectivity index (χ1) is 37.1. The van der Waals surface area contributed by atoms with Crippen LogP contribution in [-0.4, -0.2) is 0 Å². The standard InChI is InChI=1S/C74H51N/c1-74(60-24-9-4-10-25-60)69-30-16-15-27-65(69)67-29-17-31-70(73(67)74)75(61-43-38-52(39-44-61)51-32-34-53(35-33-51)58-37-36-50-18-11-12-23-57(50)48-58)62-45-40-54(41-46-62)59-42-47-64-63-26-13-14-28-66(63)71(55-19-5-2-6-20-55)72(68(64)49-59)56-21-7-3-8-22-56/h2-49H,1H3. The monoisotopic (exact) mass is 953 g/mol. The third-order valence-electron chi connectivity index (χ3n) is 15.9. The predicted molar refractivity (Wildman–Crippen MR) is 318 cm³/mol. The minimum Gasteiger partial charge on any atom is -0.310 e. The Balaban J connectivity index is 0.903. The number of nitrogens with zero attached hydrogens (tertiary/aromatic N) is 1. The average molecular weight is 954 g/mol. The van der Waals surface area contributed by atoms with Crippen LogP contribution in [0, 0.1) is 0 Å². The van der Waals surface area contributed by atoms with Crippen LogP contribution < -0.4 is 4.90 Å². The van der Waals surface area contributed by atoms with Gasteiger partial charge in [-0.15, -0.1) is 0 Å². The van der Waals surface area contributed by atoms with Crippen molar-refractivity contribution >= 4 is 49.4 Å². The van der Waals surface area contributed by atoms with Crippen LogP contribution in [0.3, 0.4) is 0 Å². The van der Waals surface area contributed by atoms with Crippen LogP contribution in [0.5, 0.6) is 0 Å². The highest BCUT2D eigenvalue weighted by Gasteiger charge is 2.43. The van der Waals surface area contributed by atoms with E-state index in [1.165, 1.54) is 110 Å². The summed E-state index contributed by atoms with van der Waals surface area (Å²) in [5.74, 6) is 0. The molecule has 0 fully saturated rings. The fraction of sp³-hybridized carbons (Fsp3) is 0.0270. The summed E-state index contributed by atoms with van der Waals surface area (Å²) < 4.78 is 0. The summed E-state index contributed by atoms with van der Waals surface area (Å²) in [6.07, 6.45) is 0. The molecule has 0 aromatic heterocycles. The van der Waals surface area contributed by atoms with Gasteiger partial charge in [0.25, 0.3) is 0 Å². The first-order valence-corrected chi connectivity index (χ1v) is 26.1. The second-order valence-electron chi connectivity index (χ2n) is 20.1. The highest BCUT2D eigenvalue weighted by atomic mass is 15.1. The number of hydrogen-bond donors (Lipinski definition) is 0. The zero-order valence-electron chi connectivity index (χ0n) is 41.7. The Morgan fingerprint density at radius 2 is 0.733 bits per heavy atom. The average Bonchev–Trinajstić information content (AvgIpc) is 3.79. The molecule has 0 heterocycles. The lowest BCUT2D eigenvalue weighted by Gasteiger charge is -2.34. The van der Waals surface area contributed by atoms with E-state index in [4.69, 9.17) is 0 Å². The highest BCUT2D eigenvalue weighted by molar-refractivity contribution is 6.22. The fourth-order valence-corrected chi connectivity index (χ4v) is 12.3. The zero-order chi connectivity index (χ0) is 49.9. The summed E-state index contributed by atoms with van der Waals surface area (Å²) in [5, 5.41) is 7.52. The molecule has 1 atom stereocenters. The van der Waals surface area contributed by atoms with Gasteiger partial charge in [-0.3, -0.25) is 0 Å². The van der Waals surface area contributed by atoms with Gasteiger partial charge in [-0.2, -0.15) is 0 Å². The zero-order valence-corrected chi connectivity index (χ0v) is 41.7. The van der Waals surface area contributed by atoms with E-state index in [0.717, 1.165) is 22.6 Å². The van der Waals surface area contributed by atoms with Crippen molar-refractivity contribution in [3.63, 3.8) is 0 Å². The molecule has 0 saturated heterocycles. The van der Waals surface area contributed by atoms with E-state index >= 15 is 0 Å². The van der Waals surface area contributed by atoms with E-state index in [1.54, 1.807) is 0 Å². The van der Waals surface area contributed by atoms with Crippen molar-refractivity contribution in [3.05, 3.63) is 308 Å². The second kappa shape index (κ2) is 18.2.